The minimum absolute atomic E-state index is 0.0776. The number of benzene rings is 2. The van der Waals surface area contributed by atoms with E-state index in [0.29, 0.717) is 21.9 Å². The van der Waals surface area contributed by atoms with Crippen LogP contribution in [0.2, 0.25) is 5.02 Å². The molecule has 0 bridgehead atoms. The quantitative estimate of drug-likeness (QED) is 0.379. The first-order valence-electron chi connectivity index (χ1n) is 7.69. The van der Waals surface area contributed by atoms with Gasteiger partial charge in [0.05, 0.1) is 19.6 Å². The zero-order valence-electron chi connectivity index (χ0n) is 14.1. The molecule has 0 aliphatic carbocycles. The highest BCUT2D eigenvalue weighted by molar-refractivity contribution is 6.30. The van der Waals surface area contributed by atoms with Crippen molar-refractivity contribution in [3.63, 3.8) is 0 Å². The van der Waals surface area contributed by atoms with E-state index in [1.807, 2.05) is 0 Å². The van der Waals surface area contributed by atoms with Gasteiger partial charge in [0.15, 0.2) is 5.78 Å². The number of hydrogen-bond donors (Lipinski definition) is 0. The molecule has 3 aromatic rings. The summed E-state index contributed by atoms with van der Waals surface area (Å²) < 4.78 is 15.7. The van der Waals surface area contributed by atoms with Crippen molar-refractivity contribution in [1.29, 1.82) is 0 Å². The van der Waals surface area contributed by atoms with E-state index in [4.69, 9.17) is 25.5 Å². The molecule has 132 valence electrons. The van der Waals surface area contributed by atoms with Crippen molar-refractivity contribution in [2.24, 2.45) is 0 Å². The van der Waals surface area contributed by atoms with Gasteiger partial charge in [-0.25, -0.2) is 4.79 Å². The maximum atomic E-state index is 12.4. The van der Waals surface area contributed by atoms with Crippen LogP contribution < -0.4 is 15.1 Å². The molecule has 3 rings (SSSR count). The van der Waals surface area contributed by atoms with Gasteiger partial charge in [-0.1, -0.05) is 29.8 Å². The van der Waals surface area contributed by atoms with Crippen molar-refractivity contribution in [2.75, 3.05) is 14.2 Å². The van der Waals surface area contributed by atoms with E-state index in [1.54, 1.807) is 42.5 Å². The first kappa shape index (κ1) is 17.8. The van der Waals surface area contributed by atoms with Gasteiger partial charge in [0.25, 0.3) is 0 Å². The third-order valence-corrected chi connectivity index (χ3v) is 4.06. The van der Waals surface area contributed by atoms with Crippen LogP contribution in [0.15, 0.2) is 57.8 Å². The molecular weight excluding hydrogens is 356 g/mol. The Labute approximate surface area is 154 Å². The van der Waals surface area contributed by atoms with E-state index < -0.39 is 11.4 Å². The molecule has 0 radical (unpaired) electrons. The number of halogens is 1. The van der Waals surface area contributed by atoms with Gasteiger partial charge in [0.2, 0.25) is 0 Å². The van der Waals surface area contributed by atoms with Crippen molar-refractivity contribution in [3.8, 4) is 11.5 Å². The number of carbonyl (C=O) groups excluding carboxylic acids is 1. The van der Waals surface area contributed by atoms with E-state index in [-0.39, 0.29) is 11.1 Å². The van der Waals surface area contributed by atoms with Crippen LogP contribution in [0.5, 0.6) is 11.5 Å². The topological polar surface area (TPSA) is 65.7 Å². The Morgan fingerprint density at radius 1 is 1.08 bits per heavy atom. The van der Waals surface area contributed by atoms with Crippen molar-refractivity contribution in [1.82, 2.24) is 0 Å². The largest absolute Gasteiger partial charge is 0.496 e. The molecule has 26 heavy (non-hydrogen) atoms. The van der Waals surface area contributed by atoms with E-state index in [0.717, 1.165) is 5.56 Å². The Morgan fingerprint density at radius 2 is 1.81 bits per heavy atom. The molecular formula is C20H15ClO5. The molecule has 0 saturated carbocycles. The maximum Gasteiger partial charge on any atom is 0.347 e. The SMILES string of the molecule is COc1cc(OC)c2cc(C(=O)C=Cc3ccc(Cl)cc3)c(=O)oc2c1. The van der Waals surface area contributed by atoms with Crippen LogP contribution in [-0.2, 0) is 0 Å². The Bertz CT molecular complexity index is 1050. The fraction of sp³-hybridized carbons (Fsp3) is 0.100. The number of hydrogen-bond acceptors (Lipinski definition) is 5. The molecule has 0 aliphatic rings. The van der Waals surface area contributed by atoms with E-state index >= 15 is 0 Å². The standard InChI is InChI=1S/C20H15ClO5/c1-24-14-9-18(25-2)16-11-15(20(23)26-19(16)10-14)17(22)8-5-12-3-6-13(21)7-4-12/h3-11H,1-2H3. The maximum absolute atomic E-state index is 12.4. The van der Waals surface area contributed by atoms with Crippen molar-refractivity contribution in [3.05, 3.63) is 75.1 Å². The number of fused-ring (bicyclic) bond motifs is 1. The minimum atomic E-state index is -0.724. The number of ether oxygens (including phenoxy) is 2. The first-order chi connectivity index (χ1) is 12.5. The molecule has 2 aromatic carbocycles. The lowest BCUT2D eigenvalue weighted by Gasteiger charge is -2.08. The number of rotatable bonds is 5. The summed E-state index contributed by atoms with van der Waals surface area (Å²) in [6.45, 7) is 0. The summed E-state index contributed by atoms with van der Waals surface area (Å²) >= 11 is 5.83. The minimum Gasteiger partial charge on any atom is -0.496 e. The predicted molar refractivity (Wildman–Crippen MR) is 100 cm³/mol. The van der Waals surface area contributed by atoms with E-state index in [1.165, 1.54) is 26.4 Å². The number of carbonyl (C=O) groups is 1. The summed E-state index contributed by atoms with van der Waals surface area (Å²) in [7, 11) is 2.99. The van der Waals surface area contributed by atoms with Crippen LogP contribution in [0.4, 0.5) is 0 Å². The number of methoxy groups -OCH3 is 2. The van der Waals surface area contributed by atoms with Crippen LogP contribution in [0.3, 0.4) is 0 Å². The molecule has 0 aliphatic heterocycles. The molecule has 1 heterocycles. The monoisotopic (exact) mass is 370 g/mol. The summed E-state index contributed by atoms with van der Waals surface area (Å²) in [5.41, 5.74) is 0.268. The van der Waals surface area contributed by atoms with Crippen LogP contribution in [0, 0.1) is 0 Å². The zero-order valence-corrected chi connectivity index (χ0v) is 14.9. The predicted octanol–water partition coefficient (Wildman–Crippen LogP) is 4.36. The highest BCUT2D eigenvalue weighted by atomic mass is 35.5. The Morgan fingerprint density at radius 3 is 2.46 bits per heavy atom. The average molecular weight is 371 g/mol. The van der Waals surface area contributed by atoms with Crippen molar-refractivity contribution in [2.45, 2.75) is 0 Å². The van der Waals surface area contributed by atoms with Gasteiger partial charge < -0.3 is 13.9 Å². The molecule has 0 amide bonds. The zero-order chi connectivity index (χ0) is 18.7. The molecule has 0 atom stereocenters. The van der Waals surface area contributed by atoms with Crippen LogP contribution in [0.25, 0.3) is 17.0 Å². The lowest BCUT2D eigenvalue weighted by atomic mass is 10.1. The first-order valence-corrected chi connectivity index (χ1v) is 8.07. The van der Waals surface area contributed by atoms with Crippen LogP contribution in [-0.4, -0.2) is 20.0 Å². The highest BCUT2D eigenvalue weighted by Crippen LogP contribution is 2.30. The van der Waals surface area contributed by atoms with Gasteiger partial charge in [-0.3, -0.25) is 4.79 Å². The molecule has 0 unspecified atom stereocenters. The Kier molecular flexibility index (Phi) is 5.09. The lowest BCUT2D eigenvalue weighted by molar-refractivity contribution is 0.104. The molecule has 0 fully saturated rings. The normalized spacial score (nSPS) is 11.0. The number of ketones is 1. The number of allylic oxidation sites excluding steroid dienone is 1. The summed E-state index contributed by atoms with van der Waals surface area (Å²) in [4.78, 5) is 24.6. The van der Waals surface area contributed by atoms with Gasteiger partial charge in [-0.2, -0.15) is 0 Å². The highest BCUT2D eigenvalue weighted by Gasteiger charge is 2.15. The lowest BCUT2D eigenvalue weighted by Crippen LogP contribution is -2.12. The summed E-state index contributed by atoms with van der Waals surface area (Å²) in [5.74, 6) is 0.464. The fourth-order valence-electron chi connectivity index (χ4n) is 2.46. The van der Waals surface area contributed by atoms with Gasteiger partial charge in [-0.15, -0.1) is 0 Å². The molecule has 1 aromatic heterocycles. The molecule has 0 spiro atoms. The Balaban J connectivity index is 2.01. The summed E-state index contributed by atoms with van der Waals surface area (Å²) in [5, 5.41) is 1.11. The van der Waals surface area contributed by atoms with Crippen molar-refractivity contribution >= 4 is 34.4 Å². The summed E-state index contributed by atoms with van der Waals surface area (Å²) in [6.07, 6.45) is 2.92. The van der Waals surface area contributed by atoms with Gasteiger partial charge in [0.1, 0.15) is 22.6 Å². The third kappa shape index (κ3) is 3.63. The molecule has 5 nitrogen and oxygen atoms in total. The van der Waals surface area contributed by atoms with E-state index in [2.05, 4.69) is 0 Å². The van der Waals surface area contributed by atoms with Gasteiger partial charge >= 0.3 is 5.63 Å². The second kappa shape index (κ2) is 7.45. The smallest absolute Gasteiger partial charge is 0.347 e. The van der Waals surface area contributed by atoms with Gasteiger partial charge in [-0.05, 0) is 29.8 Å². The van der Waals surface area contributed by atoms with Gasteiger partial charge in [0, 0.05) is 17.2 Å². The second-order valence-electron chi connectivity index (χ2n) is 5.44. The molecule has 0 N–H and O–H groups in total. The fourth-order valence-corrected chi connectivity index (χ4v) is 2.58. The molecule has 0 saturated heterocycles. The summed E-state index contributed by atoms with van der Waals surface area (Å²) in [6, 6.07) is 11.7. The van der Waals surface area contributed by atoms with Crippen LogP contribution >= 0.6 is 11.6 Å². The average Bonchev–Trinajstić information content (AvgIpc) is 2.65. The molecule has 6 heteroatoms. The Hall–Kier alpha value is -3.05. The third-order valence-electron chi connectivity index (χ3n) is 3.81. The van der Waals surface area contributed by atoms with Crippen molar-refractivity contribution < 1.29 is 18.7 Å². The second-order valence-corrected chi connectivity index (χ2v) is 5.87. The van der Waals surface area contributed by atoms with Crippen LogP contribution in [0.1, 0.15) is 15.9 Å². The van der Waals surface area contributed by atoms with E-state index in [9.17, 15) is 9.59 Å².